The number of imidazole rings is 1. The van der Waals surface area contributed by atoms with Gasteiger partial charge in [-0.2, -0.15) is 0 Å². The summed E-state index contributed by atoms with van der Waals surface area (Å²) in [6, 6.07) is 16.8. The highest BCUT2D eigenvalue weighted by Crippen LogP contribution is 2.31. The second-order valence-electron chi connectivity index (χ2n) is 8.16. The van der Waals surface area contributed by atoms with Gasteiger partial charge in [-0.05, 0) is 50.6 Å². The molecule has 3 aromatic rings. The number of fused-ring (bicyclic) bond motifs is 1. The molecular weight excluding hydrogens is 400 g/mol. The molecule has 0 aliphatic carbocycles. The molecule has 0 amide bonds. The van der Waals surface area contributed by atoms with Gasteiger partial charge in [-0.25, -0.2) is 4.98 Å². The van der Waals surface area contributed by atoms with Gasteiger partial charge in [0.2, 0.25) is 0 Å². The van der Waals surface area contributed by atoms with E-state index >= 15 is 0 Å². The van der Waals surface area contributed by atoms with Crippen molar-refractivity contribution in [1.29, 1.82) is 0 Å². The molecule has 0 spiro atoms. The van der Waals surface area contributed by atoms with Crippen molar-refractivity contribution in [3.8, 4) is 5.75 Å². The number of ether oxygens (including phenoxy) is 1. The van der Waals surface area contributed by atoms with E-state index in [1.165, 1.54) is 23.9 Å². The minimum Gasteiger partial charge on any atom is -0.496 e. The van der Waals surface area contributed by atoms with Crippen LogP contribution in [0.3, 0.4) is 0 Å². The number of aromatic nitrogens is 2. The molecule has 2 N–H and O–H groups in total. The highest BCUT2D eigenvalue weighted by Gasteiger charge is 2.26. The van der Waals surface area contributed by atoms with Gasteiger partial charge in [0.05, 0.1) is 30.5 Å². The predicted octanol–water partition coefficient (Wildman–Crippen LogP) is 3.44. The number of hydrogen-bond donors (Lipinski definition) is 2. The molecule has 4 rings (SSSR count). The maximum Gasteiger partial charge on any atom is 0.191 e. The SMILES string of the molecule is CN=C(NCCCn1cnc2ccccc21)NCC(c1ccccc1OC)N1CCCC1. The molecule has 1 unspecified atom stereocenters. The summed E-state index contributed by atoms with van der Waals surface area (Å²) in [5.41, 5.74) is 3.45. The smallest absolute Gasteiger partial charge is 0.191 e. The molecule has 7 heteroatoms. The quantitative estimate of drug-likeness (QED) is 0.307. The van der Waals surface area contributed by atoms with Crippen molar-refractivity contribution in [3.63, 3.8) is 0 Å². The largest absolute Gasteiger partial charge is 0.496 e. The number of para-hydroxylation sites is 3. The first kappa shape index (κ1) is 22.1. The van der Waals surface area contributed by atoms with Gasteiger partial charge in [0, 0.05) is 32.2 Å². The van der Waals surface area contributed by atoms with Crippen LogP contribution in [0.2, 0.25) is 0 Å². The first-order valence-corrected chi connectivity index (χ1v) is 11.5. The molecule has 2 heterocycles. The number of likely N-dealkylation sites (tertiary alicyclic amines) is 1. The number of rotatable bonds is 9. The number of hydrogen-bond acceptors (Lipinski definition) is 4. The van der Waals surface area contributed by atoms with Crippen LogP contribution in [0.1, 0.15) is 30.9 Å². The summed E-state index contributed by atoms with van der Waals surface area (Å²) in [5.74, 6) is 1.78. The minimum absolute atomic E-state index is 0.254. The average molecular weight is 435 g/mol. The lowest BCUT2D eigenvalue weighted by atomic mass is 10.0. The number of aryl methyl sites for hydroxylation is 1. The third-order valence-electron chi connectivity index (χ3n) is 6.16. The first-order chi connectivity index (χ1) is 15.8. The number of methoxy groups -OCH3 is 1. The fourth-order valence-corrected chi connectivity index (χ4v) is 4.49. The van der Waals surface area contributed by atoms with E-state index in [1.807, 2.05) is 37.6 Å². The fraction of sp³-hybridized carbons (Fsp3) is 0.440. The number of benzene rings is 2. The lowest BCUT2D eigenvalue weighted by Crippen LogP contribution is -2.43. The van der Waals surface area contributed by atoms with E-state index in [2.05, 4.69) is 54.3 Å². The molecule has 32 heavy (non-hydrogen) atoms. The number of nitrogens with zero attached hydrogens (tertiary/aromatic N) is 4. The summed E-state index contributed by atoms with van der Waals surface area (Å²) >= 11 is 0. The van der Waals surface area contributed by atoms with Gasteiger partial charge in [-0.3, -0.25) is 9.89 Å². The number of aliphatic imine (C=N–C) groups is 1. The fourth-order valence-electron chi connectivity index (χ4n) is 4.49. The van der Waals surface area contributed by atoms with Crippen molar-refractivity contribution >= 4 is 17.0 Å². The van der Waals surface area contributed by atoms with Crippen molar-refractivity contribution < 1.29 is 4.74 Å². The Bertz CT molecular complexity index is 1020. The molecule has 2 aromatic carbocycles. The van der Waals surface area contributed by atoms with Crippen LogP contribution in [0, 0.1) is 0 Å². The van der Waals surface area contributed by atoms with Gasteiger partial charge in [0.25, 0.3) is 0 Å². The molecule has 1 aromatic heterocycles. The summed E-state index contributed by atoms with van der Waals surface area (Å²) in [4.78, 5) is 11.4. The molecular formula is C25H34N6O. The Labute approximate surface area is 190 Å². The molecule has 1 aliphatic rings. The molecule has 1 atom stereocenters. The van der Waals surface area contributed by atoms with Gasteiger partial charge in [0.1, 0.15) is 5.75 Å². The average Bonchev–Trinajstić information content (AvgIpc) is 3.51. The molecule has 0 bridgehead atoms. The molecule has 7 nitrogen and oxygen atoms in total. The normalized spacial score (nSPS) is 15.8. The van der Waals surface area contributed by atoms with Crippen LogP contribution in [-0.4, -0.2) is 60.7 Å². The Morgan fingerprint density at radius 3 is 2.69 bits per heavy atom. The van der Waals surface area contributed by atoms with Crippen molar-refractivity contribution in [2.75, 3.05) is 40.3 Å². The van der Waals surface area contributed by atoms with Crippen LogP contribution in [0.25, 0.3) is 11.0 Å². The molecule has 1 aliphatic heterocycles. The number of nitrogens with one attached hydrogen (secondary N) is 2. The molecule has 1 saturated heterocycles. The minimum atomic E-state index is 0.254. The van der Waals surface area contributed by atoms with Crippen molar-refractivity contribution in [2.45, 2.75) is 31.8 Å². The summed E-state index contributed by atoms with van der Waals surface area (Å²) in [6.07, 6.45) is 5.41. The van der Waals surface area contributed by atoms with E-state index in [-0.39, 0.29) is 6.04 Å². The monoisotopic (exact) mass is 434 g/mol. The zero-order chi connectivity index (χ0) is 22.2. The van der Waals surface area contributed by atoms with Crippen LogP contribution in [0.15, 0.2) is 59.9 Å². The number of guanidine groups is 1. The summed E-state index contributed by atoms with van der Waals surface area (Å²) in [5, 5.41) is 7.00. The van der Waals surface area contributed by atoms with Crippen molar-refractivity contribution in [1.82, 2.24) is 25.1 Å². The standard InChI is InChI=1S/C25H34N6O/c1-26-25(27-14-9-17-31-19-29-21-11-4-5-12-22(21)31)28-18-23(30-15-7-8-16-30)20-10-3-6-13-24(20)32-2/h3-6,10-13,19,23H,7-9,14-18H2,1-2H3,(H2,26,27,28). The third kappa shape index (κ3) is 5.22. The summed E-state index contributed by atoms with van der Waals surface area (Å²) < 4.78 is 7.86. The van der Waals surface area contributed by atoms with Crippen molar-refractivity contribution in [2.24, 2.45) is 4.99 Å². The van der Waals surface area contributed by atoms with E-state index < -0.39 is 0 Å². The summed E-state index contributed by atoms with van der Waals surface area (Å²) in [6.45, 7) is 4.79. The highest BCUT2D eigenvalue weighted by atomic mass is 16.5. The van der Waals surface area contributed by atoms with Crippen LogP contribution in [0.5, 0.6) is 5.75 Å². The highest BCUT2D eigenvalue weighted by molar-refractivity contribution is 5.79. The van der Waals surface area contributed by atoms with Gasteiger partial charge < -0.3 is 19.9 Å². The topological polar surface area (TPSA) is 66.7 Å². The predicted molar refractivity (Wildman–Crippen MR) is 130 cm³/mol. The molecule has 0 saturated carbocycles. The first-order valence-electron chi connectivity index (χ1n) is 11.5. The van der Waals surface area contributed by atoms with E-state index in [0.29, 0.717) is 0 Å². The van der Waals surface area contributed by atoms with Crippen LogP contribution in [-0.2, 0) is 6.54 Å². The molecule has 170 valence electrons. The Morgan fingerprint density at radius 1 is 1.09 bits per heavy atom. The molecule has 1 fully saturated rings. The second-order valence-corrected chi connectivity index (χ2v) is 8.16. The molecule has 0 radical (unpaired) electrons. The zero-order valence-electron chi connectivity index (χ0n) is 19.1. The van der Waals surface area contributed by atoms with Crippen molar-refractivity contribution in [3.05, 3.63) is 60.4 Å². The lowest BCUT2D eigenvalue weighted by molar-refractivity contribution is 0.239. The van der Waals surface area contributed by atoms with Crippen LogP contribution in [0.4, 0.5) is 0 Å². The van der Waals surface area contributed by atoms with Gasteiger partial charge in [0.15, 0.2) is 5.96 Å². The Hall–Kier alpha value is -3.06. The Morgan fingerprint density at radius 2 is 1.88 bits per heavy atom. The maximum atomic E-state index is 5.66. The van der Waals surface area contributed by atoms with Gasteiger partial charge >= 0.3 is 0 Å². The summed E-state index contributed by atoms with van der Waals surface area (Å²) in [7, 11) is 3.57. The Kier molecular flexibility index (Phi) is 7.61. The van der Waals surface area contributed by atoms with E-state index in [9.17, 15) is 0 Å². The van der Waals surface area contributed by atoms with E-state index in [0.717, 1.165) is 56.4 Å². The van der Waals surface area contributed by atoms with E-state index in [4.69, 9.17) is 4.74 Å². The maximum absolute atomic E-state index is 5.66. The van der Waals surface area contributed by atoms with Crippen LogP contribution >= 0.6 is 0 Å². The van der Waals surface area contributed by atoms with E-state index in [1.54, 1.807) is 7.11 Å². The lowest BCUT2D eigenvalue weighted by Gasteiger charge is -2.30. The van der Waals surface area contributed by atoms with Crippen LogP contribution < -0.4 is 15.4 Å². The third-order valence-corrected chi connectivity index (χ3v) is 6.16. The zero-order valence-corrected chi connectivity index (χ0v) is 19.1. The Balaban J connectivity index is 1.31. The van der Waals surface area contributed by atoms with Gasteiger partial charge in [-0.1, -0.05) is 30.3 Å². The van der Waals surface area contributed by atoms with Gasteiger partial charge in [-0.15, -0.1) is 0 Å². The second kappa shape index (κ2) is 11.0.